The molecule has 51 heavy (non-hydrogen) atoms. The summed E-state index contributed by atoms with van der Waals surface area (Å²) in [7, 11) is 0.365. The van der Waals surface area contributed by atoms with Crippen molar-refractivity contribution in [2.24, 2.45) is 0 Å². The number of hydrogen-bond acceptors (Lipinski definition) is 6. The van der Waals surface area contributed by atoms with Gasteiger partial charge in [-0.1, -0.05) is 25.3 Å². The van der Waals surface area contributed by atoms with E-state index in [9.17, 15) is 22.8 Å². The second kappa shape index (κ2) is 14.3. The van der Waals surface area contributed by atoms with E-state index in [4.69, 9.17) is 4.74 Å². The minimum atomic E-state index is -4.00. The van der Waals surface area contributed by atoms with E-state index in [1.807, 2.05) is 39.0 Å². The average Bonchev–Trinajstić information content (AvgIpc) is 3.36. The molecule has 0 radical (unpaired) electrons. The first-order valence-corrected chi connectivity index (χ1v) is 19.6. The monoisotopic (exact) mass is 716 g/mol. The standard InChI is InChI=1S/C38H48N6O6S/c1-40(2)51(48,49)39-36(45)27-12-14-32-33(24-27)44-25-29(37(46)41-18-20-43(21-19-41)38(47)42-16-8-5-9-17-42)22-28-23-30(50-3)13-15-31(28)35(44)34(32)26-10-6-4-7-11-26/h12-15,22-24,26H,4-11,16-21,25H2,1-3H3,(H,39,45). The van der Waals surface area contributed by atoms with Crippen molar-refractivity contribution >= 4 is 45.0 Å². The number of piperazine rings is 1. The molecule has 1 aromatic heterocycles. The summed E-state index contributed by atoms with van der Waals surface area (Å²) in [4.78, 5) is 46.7. The van der Waals surface area contributed by atoms with Crippen LogP contribution in [-0.4, -0.2) is 110 Å². The zero-order valence-corrected chi connectivity index (χ0v) is 30.6. The maximum atomic E-state index is 14.5. The molecule has 2 aromatic carbocycles. The van der Waals surface area contributed by atoms with Crippen LogP contribution in [0, 0.1) is 0 Å². The number of rotatable bonds is 6. The number of nitrogens with zero attached hydrogens (tertiary/aromatic N) is 5. The summed E-state index contributed by atoms with van der Waals surface area (Å²) in [5, 5.41) is 1.00. The van der Waals surface area contributed by atoms with Crippen LogP contribution >= 0.6 is 0 Å². The molecule has 13 heteroatoms. The number of ether oxygens (including phenoxy) is 1. The first-order chi connectivity index (χ1) is 24.6. The minimum absolute atomic E-state index is 0.0634. The lowest BCUT2D eigenvalue weighted by atomic mass is 9.81. The Morgan fingerprint density at radius 1 is 0.824 bits per heavy atom. The molecule has 1 N–H and O–H groups in total. The van der Waals surface area contributed by atoms with Gasteiger partial charge in [0.25, 0.3) is 11.8 Å². The molecule has 0 bridgehead atoms. The van der Waals surface area contributed by atoms with Crippen molar-refractivity contribution in [1.29, 1.82) is 0 Å². The topological polar surface area (TPSA) is 124 Å². The molecular formula is C38H48N6O6S. The van der Waals surface area contributed by atoms with E-state index in [1.54, 1.807) is 19.2 Å². The third-order valence-electron chi connectivity index (χ3n) is 11.0. The van der Waals surface area contributed by atoms with E-state index >= 15 is 0 Å². The van der Waals surface area contributed by atoms with Crippen molar-refractivity contribution in [2.75, 3.05) is 60.5 Å². The number of amides is 4. The number of benzene rings is 2. The molecule has 4 aliphatic rings. The van der Waals surface area contributed by atoms with Gasteiger partial charge in [-0.15, -0.1) is 0 Å². The van der Waals surface area contributed by atoms with Gasteiger partial charge in [-0.3, -0.25) is 9.59 Å². The summed E-state index contributed by atoms with van der Waals surface area (Å²) < 4.78 is 36.0. The second-order valence-corrected chi connectivity index (χ2v) is 16.3. The van der Waals surface area contributed by atoms with E-state index in [2.05, 4.69) is 15.4 Å². The van der Waals surface area contributed by atoms with Gasteiger partial charge in [0.2, 0.25) is 0 Å². The van der Waals surface area contributed by atoms with E-state index in [-0.39, 0.29) is 24.0 Å². The number of fused-ring (bicyclic) bond motifs is 5. The van der Waals surface area contributed by atoms with Crippen molar-refractivity contribution in [3.63, 3.8) is 0 Å². The predicted molar refractivity (Wildman–Crippen MR) is 197 cm³/mol. The number of methoxy groups -OCH3 is 1. The van der Waals surface area contributed by atoms with Gasteiger partial charge in [0.05, 0.1) is 19.3 Å². The van der Waals surface area contributed by atoms with Crippen LogP contribution in [0.5, 0.6) is 5.75 Å². The average molecular weight is 717 g/mol. The van der Waals surface area contributed by atoms with Crippen LogP contribution in [-0.2, 0) is 21.5 Å². The number of carbonyl (C=O) groups excluding carboxylic acids is 3. The highest BCUT2D eigenvalue weighted by Crippen LogP contribution is 2.47. The molecule has 3 aliphatic heterocycles. The molecule has 1 saturated carbocycles. The van der Waals surface area contributed by atoms with Gasteiger partial charge in [-0.25, -0.2) is 9.52 Å². The molecule has 3 aromatic rings. The van der Waals surface area contributed by atoms with Crippen LogP contribution in [0.2, 0.25) is 0 Å². The summed E-state index contributed by atoms with van der Waals surface area (Å²) in [5.41, 5.74) is 5.67. The molecule has 0 unspecified atom stereocenters. The quantitative estimate of drug-likeness (QED) is 0.381. The normalized spacial score (nSPS) is 18.6. The predicted octanol–water partition coefficient (Wildman–Crippen LogP) is 5.05. The molecule has 12 nitrogen and oxygen atoms in total. The lowest BCUT2D eigenvalue weighted by molar-refractivity contribution is -0.128. The Balaban J connectivity index is 1.28. The largest absolute Gasteiger partial charge is 0.497 e. The van der Waals surface area contributed by atoms with Gasteiger partial charge >= 0.3 is 16.2 Å². The second-order valence-electron chi connectivity index (χ2n) is 14.4. The molecule has 3 fully saturated rings. The zero-order valence-electron chi connectivity index (χ0n) is 29.8. The van der Waals surface area contributed by atoms with Gasteiger partial charge in [0.15, 0.2) is 0 Å². The zero-order chi connectivity index (χ0) is 35.9. The van der Waals surface area contributed by atoms with Crippen LogP contribution in [0.25, 0.3) is 28.2 Å². The Labute approximate surface area is 300 Å². The lowest BCUT2D eigenvalue weighted by Gasteiger charge is -2.38. The third kappa shape index (κ3) is 6.85. The molecule has 272 valence electrons. The first kappa shape index (κ1) is 35.1. The molecular weight excluding hydrogens is 669 g/mol. The molecule has 0 spiro atoms. The molecule has 4 heterocycles. The Morgan fingerprint density at radius 2 is 1.49 bits per heavy atom. The van der Waals surface area contributed by atoms with Crippen LogP contribution in [0.1, 0.15) is 78.8 Å². The fourth-order valence-corrected chi connectivity index (χ4v) is 8.70. The fourth-order valence-electron chi connectivity index (χ4n) is 8.17. The van der Waals surface area contributed by atoms with Crippen LogP contribution in [0.15, 0.2) is 42.0 Å². The smallest absolute Gasteiger partial charge is 0.320 e. The number of carbonyl (C=O) groups is 3. The number of aromatic nitrogens is 1. The van der Waals surface area contributed by atoms with Crippen LogP contribution in [0.3, 0.4) is 0 Å². The van der Waals surface area contributed by atoms with Gasteiger partial charge < -0.3 is 24.0 Å². The molecule has 1 aliphatic carbocycles. The Bertz CT molecular complexity index is 1980. The minimum Gasteiger partial charge on any atom is -0.497 e. The van der Waals surface area contributed by atoms with Crippen LogP contribution in [0.4, 0.5) is 4.79 Å². The summed E-state index contributed by atoms with van der Waals surface area (Å²) in [6.45, 7) is 3.70. The van der Waals surface area contributed by atoms with Crippen molar-refractivity contribution in [3.05, 3.63) is 58.7 Å². The van der Waals surface area contributed by atoms with E-state index in [0.29, 0.717) is 43.4 Å². The maximum absolute atomic E-state index is 14.5. The van der Waals surface area contributed by atoms with Gasteiger partial charge in [0.1, 0.15) is 5.75 Å². The van der Waals surface area contributed by atoms with Gasteiger partial charge in [0, 0.05) is 81.0 Å². The van der Waals surface area contributed by atoms with Crippen molar-refractivity contribution in [2.45, 2.75) is 63.8 Å². The van der Waals surface area contributed by atoms with E-state index < -0.39 is 16.1 Å². The fraction of sp³-hybridized carbons (Fsp3) is 0.500. The van der Waals surface area contributed by atoms with Crippen LogP contribution < -0.4 is 9.46 Å². The Kier molecular flexibility index (Phi) is 9.86. The summed E-state index contributed by atoms with van der Waals surface area (Å²) in [6, 6.07) is 11.4. The molecule has 7 rings (SSSR count). The molecule has 2 saturated heterocycles. The molecule has 0 atom stereocenters. The summed E-state index contributed by atoms with van der Waals surface area (Å²) in [5.74, 6) is 0.173. The molecule has 4 amide bonds. The van der Waals surface area contributed by atoms with Crippen molar-refractivity contribution in [3.8, 4) is 17.0 Å². The van der Waals surface area contributed by atoms with Gasteiger partial charge in [-0.05, 0) is 85.6 Å². The third-order valence-corrected chi connectivity index (χ3v) is 12.4. The maximum Gasteiger partial charge on any atom is 0.320 e. The number of likely N-dealkylation sites (tertiary alicyclic amines) is 1. The van der Waals surface area contributed by atoms with Gasteiger partial charge in [-0.2, -0.15) is 12.7 Å². The summed E-state index contributed by atoms with van der Waals surface area (Å²) >= 11 is 0. The Morgan fingerprint density at radius 3 is 2.18 bits per heavy atom. The first-order valence-electron chi connectivity index (χ1n) is 18.2. The van der Waals surface area contributed by atoms with Crippen molar-refractivity contribution in [1.82, 2.24) is 28.3 Å². The van der Waals surface area contributed by atoms with E-state index in [1.165, 1.54) is 26.1 Å². The number of hydrogen-bond donors (Lipinski definition) is 1. The highest BCUT2D eigenvalue weighted by Gasteiger charge is 2.34. The number of urea groups is 1. The van der Waals surface area contributed by atoms with Crippen molar-refractivity contribution < 1.29 is 27.5 Å². The van der Waals surface area contributed by atoms with E-state index in [0.717, 1.165) is 90.1 Å². The number of piperidine rings is 1. The highest BCUT2D eigenvalue weighted by molar-refractivity contribution is 7.87. The summed E-state index contributed by atoms with van der Waals surface area (Å²) in [6.07, 6.45) is 10.7. The highest BCUT2D eigenvalue weighted by atomic mass is 32.2. The lowest BCUT2D eigenvalue weighted by Crippen LogP contribution is -2.55. The Hall–Kier alpha value is -4.36. The number of nitrogens with one attached hydrogen (secondary N) is 1. The SMILES string of the molecule is COc1ccc2c(c1)C=C(C(=O)N1CCN(C(=O)N3CCCCC3)CC1)Cn1c-2c(C2CCCCC2)c2ccc(C(=O)NS(=O)(=O)N(C)C)cc21.